The number of carbonyl (C=O) groups excluding carboxylic acids is 2. The van der Waals surface area contributed by atoms with Gasteiger partial charge in [-0.05, 0) is 72.4 Å². The zero-order valence-corrected chi connectivity index (χ0v) is 17.9. The second-order valence-electron chi connectivity index (χ2n) is 9.46. The monoisotopic (exact) mass is 401 g/mol. The van der Waals surface area contributed by atoms with Crippen LogP contribution in [-0.2, 0) is 15.1 Å². The summed E-state index contributed by atoms with van der Waals surface area (Å²) in [7, 11) is 0. The normalized spacial score (nSPS) is 20.5. The minimum atomic E-state index is -1.16. The van der Waals surface area contributed by atoms with E-state index in [0.717, 1.165) is 42.9 Å². The molecule has 0 atom stereocenters. The molecule has 0 spiro atoms. The van der Waals surface area contributed by atoms with Crippen LogP contribution in [-0.4, -0.2) is 32.9 Å². The quantitative estimate of drug-likeness (QED) is 0.734. The predicted octanol–water partition coefficient (Wildman–Crippen LogP) is 4.54. The molecule has 0 saturated heterocycles. The molecule has 1 aliphatic carbocycles. The van der Waals surface area contributed by atoms with Gasteiger partial charge in [0.1, 0.15) is 11.9 Å². The van der Waals surface area contributed by atoms with Crippen molar-refractivity contribution in [2.45, 2.75) is 77.5 Å². The van der Waals surface area contributed by atoms with E-state index in [-0.39, 0.29) is 12.0 Å². The highest BCUT2D eigenvalue weighted by Crippen LogP contribution is 2.35. The van der Waals surface area contributed by atoms with Gasteiger partial charge in [-0.25, -0.2) is 4.79 Å². The fraction of sp³-hybridized carbons (Fsp3) is 0.591. The Kier molecular flexibility index (Phi) is 5.72. The summed E-state index contributed by atoms with van der Waals surface area (Å²) in [6.07, 6.45) is 6.05. The second-order valence-corrected chi connectivity index (χ2v) is 9.46. The molecule has 1 aromatic heterocycles. The molecule has 158 valence electrons. The first-order chi connectivity index (χ1) is 13.5. The maximum absolute atomic E-state index is 12.3. The molecule has 2 N–H and O–H groups in total. The average molecular weight is 402 g/mol. The molecule has 7 heteroatoms. The summed E-state index contributed by atoms with van der Waals surface area (Å²) in [6.45, 7) is 8.75. The van der Waals surface area contributed by atoms with E-state index in [1.807, 2.05) is 23.0 Å². The van der Waals surface area contributed by atoms with Crippen molar-refractivity contribution in [2.75, 3.05) is 5.32 Å². The molecule has 7 nitrogen and oxygen atoms in total. The number of carbonyl (C=O) groups is 2. The third-order valence-corrected chi connectivity index (χ3v) is 5.26. The van der Waals surface area contributed by atoms with Crippen molar-refractivity contribution >= 4 is 29.0 Å². The van der Waals surface area contributed by atoms with Crippen LogP contribution in [0.1, 0.15) is 71.9 Å². The zero-order valence-electron chi connectivity index (χ0n) is 17.9. The Balaban J connectivity index is 1.92. The van der Waals surface area contributed by atoms with E-state index >= 15 is 0 Å². The number of ether oxygens (including phenoxy) is 1. The van der Waals surface area contributed by atoms with Crippen LogP contribution < -0.4 is 5.32 Å². The highest BCUT2D eigenvalue weighted by molar-refractivity contribution is 5.92. The molecule has 0 radical (unpaired) electrons. The highest BCUT2D eigenvalue weighted by Gasteiger charge is 2.26. The van der Waals surface area contributed by atoms with E-state index in [0.29, 0.717) is 11.3 Å². The lowest BCUT2D eigenvalue weighted by atomic mass is 9.87. The molecule has 1 aromatic carbocycles. The molecule has 0 aliphatic heterocycles. The van der Waals surface area contributed by atoms with Crippen molar-refractivity contribution in [1.82, 2.24) is 9.78 Å². The van der Waals surface area contributed by atoms with Crippen LogP contribution >= 0.6 is 0 Å². The van der Waals surface area contributed by atoms with Crippen molar-refractivity contribution < 1.29 is 19.4 Å². The summed E-state index contributed by atoms with van der Waals surface area (Å²) < 4.78 is 7.32. The Hall–Kier alpha value is -2.41. The third-order valence-electron chi connectivity index (χ3n) is 5.26. The van der Waals surface area contributed by atoms with Crippen LogP contribution in [0.15, 0.2) is 18.3 Å². The Morgan fingerprint density at radius 3 is 2.41 bits per heavy atom. The molecular weight excluding hydrogens is 370 g/mol. The van der Waals surface area contributed by atoms with E-state index < -0.39 is 17.3 Å². The fourth-order valence-corrected chi connectivity index (χ4v) is 3.80. The molecule has 0 unspecified atom stereocenters. The van der Waals surface area contributed by atoms with Crippen LogP contribution in [0.4, 0.5) is 10.5 Å². The Morgan fingerprint density at radius 2 is 1.86 bits per heavy atom. The SMILES string of the molecule is CC(C)(C)OC(=O)Nc1cc2cn(C3CCC(C=O)CC3)nc2cc1C(C)(C)O. The minimum Gasteiger partial charge on any atom is -0.444 e. The van der Waals surface area contributed by atoms with Gasteiger partial charge in [0.15, 0.2) is 0 Å². The third kappa shape index (κ3) is 5.15. The van der Waals surface area contributed by atoms with Crippen molar-refractivity contribution in [3.8, 4) is 0 Å². The van der Waals surface area contributed by atoms with Gasteiger partial charge in [0.25, 0.3) is 0 Å². The number of hydrogen-bond acceptors (Lipinski definition) is 5. The van der Waals surface area contributed by atoms with Gasteiger partial charge in [-0.2, -0.15) is 5.10 Å². The topological polar surface area (TPSA) is 93.5 Å². The summed E-state index contributed by atoms with van der Waals surface area (Å²) in [4.78, 5) is 23.3. The van der Waals surface area contributed by atoms with E-state index in [1.54, 1.807) is 34.6 Å². The van der Waals surface area contributed by atoms with Crippen molar-refractivity contribution in [3.05, 3.63) is 23.9 Å². The molecular formula is C22H31N3O4. The first kappa shape index (κ1) is 21.3. The summed E-state index contributed by atoms with van der Waals surface area (Å²) >= 11 is 0. The summed E-state index contributed by atoms with van der Waals surface area (Å²) in [5.74, 6) is 0.155. The number of hydrogen-bond donors (Lipinski definition) is 2. The van der Waals surface area contributed by atoms with Gasteiger partial charge >= 0.3 is 6.09 Å². The number of benzene rings is 1. The van der Waals surface area contributed by atoms with Crippen LogP contribution in [0.2, 0.25) is 0 Å². The zero-order chi connectivity index (χ0) is 21.4. The molecule has 1 saturated carbocycles. The van der Waals surface area contributed by atoms with Crippen molar-refractivity contribution in [1.29, 1.82) is 0 Å². The van der Waals surface area contributed by atoms with Crippen LogP contribution in [0, 0.1) is 5.92 Å². The fourth-order valence-electron chi connectivity index (χ4n) is 3.80. The number of rotatable bonds is 4. The number of fused-ring (bicyclic) bond motifs is 1. The lowest BCUT2D eigenvalue weighted by molar-refractivity contribution is -0.112. The minimum absolute atomic E-state index is 0.155. The van der Waals surface area contributed by atoms with Crippen LogP contribution in [0.25, 0.3) is 10.9 Å². The van der Waals surface area contributed by atoms with Gasteiger partial charge in [-0.3, -0.25) is 10.00 Å². The molecule has 0 bridgehead atoms. The molecule has 1 heterocycles. The van der Waals surface area contributed by atoms with Gasteiger partial charge in [0.05, 0.1) is 22.8 Å². The number of aldehydes is 1. The smallest absolute Gasteiger partial charge is 0.412 e. The molecule has 29 heavy (non-hydrogen) atoms. The van der Waals surface area contributed by atoms with E-state index in [1.165, 1.54) is 0 Å². The average Bonchev–Trinajstić information content (AvgIpc) is 3.01. The van der Waals surface area contributed by atoms with Crippen molar-refractivity contribution in [2.24, 2.45) is 5.92 Å². The van der Waals surface area contributed by atoms with E-state index in [4.69, 9.17) is 9.84 Å². The number of aliphatic hydroxyl groups is 1. The van der Waals surface area contributed by atoms with E-state index in [9.17, 15) is 14.7 Å². The maximum atomic E-state index is 12.3. The standard InChI is InChI=1S/C22H31N3O4/c1-21(2,3)29-20(27)23-19-10-15-12-25(16-8-6-14(13-26)7-9-16)24-18(15)11-17(19)22(4,5)28/h10-14,16,28H,6-9H2,1-5H3,(H,23,27). The van der Waals surface area contributed by atoms with Gasteiger partial charge in [0.2, 0.25) is 0 Å². The lowest BCUT2D eigenvalue weighted by Gasteiger charge is -2.25. The number of nitrogens with one attached hydrogen (secondary N) is 1. The number of nitrogens with zero attached hydrogens (tertiary/aromatic N) is 2. The Bertz CT molecular complexity index is 897. The highest BCUT2D eigenvalue weighted by atomic mass is 16.6. The summed E-state index contributed by atoms with van der Waals surface area (Å²) in [6, 6.07) is 3.90. The van der Waals surface area contributed by atoms with E-state index in [2.05, 4.69) is 5.32 Å². The second kappa shape index (κ2) is 7.78. The Morgan fingerprint density at radius 1 is 1.21 bits per heavy atom. The molecule has 1 amide bonds. The molecule has 2 aromatic rings. The lowest BCUT2D eigenvalue weighted by Crippen LogP contribution is -2.28. The predicted molar refractivity (Wildman–Crippen MR) is 112 cm³/mol. The molecule has 3 rings (SSSR count). The van der Waals surface area contributed by atoms with Gasteiger partial charge < -0.3 is 14.6 Å². The van der Waals surface area contributed by atoms with Crippen LogP contribution in [0.3, 0.4) is 0 Å². The van der Waals surface area contributed by atoms with Gasteiger partial charge in [-0.15, -0.1) is 0 Å². The van der Waals surface area contributed by atoms with Gasteiger partial charge in [0, 0.05) is 23.1 Å². The first-order valence-corrected chi connectivity index (χ1v) is 10.2. The van der Waals surface area contributed by atoms with Crippen LogP contribution in [0.5, 0.6) is 0 Å². The molecule has 1 fully saturated rings. The summed E-state index contributed by atoms with van der Waals surface area (Å²) in [5, 5.41) is 19.0. The van der Waals surface area contributed by atoms with Gasteiger partial charge in [-0.1, -0.05) is 0 Å². The van der Waals surface area contributed by atoms with Crippen molar-refractivity contribution in [3.63, 3.8) is 0 Å². The number of amides is 1. The first-order valence-electron chi connectivity index (χ1n) is 10.2. The number of aromatic nitrogens is 2. The largest absolute Gasteiger partial charge is 0.444 e. The summed E-state index contributed by atoms with van der Waals surface area (Å²) in [5.41, 5.74) is 0.0576. The number of anilines is 1. The maximum Gasteiger partial charge on any atom is 0.412 e. The molecule has 1 aliphatic rings. The Labute approximate surface area is 171 Å².